The number of ether oxygens (including phenoxy) is 2. The van der Waals surface area contributed by atoms with Crippen LogP contribution in [-0.4, -0.2) is 12.7 Å². The molecule has 1 aliphatic rings. The van der Waals surface area contributed by atoms with Gasteiger partial charge in [-0.3, -0.25) is 0 Å². The van der Waals surface area contributed by atoms with Gasteiger partial charge in [0.25, 0.3) is 0 Å². The van der Waals surface area contributed by atoms with Crippen LogP contribution in [0.3, 0.4) is 0 Å². The number of hydrogen-bond donors (Lipinski definition) is 0. The third kappa shape index (κ3) is 10.5. The molecule has 3 atom stereocenters. The topological polar surface area (TPSA) is 18.5 Å². The highest BCUT2D eigenvalue weighted by atomic mass is 16.5. The van der Waals surface area contributed by atoms with Gasteiger partial charge in [-0.2, -0.15) is 0 Å². The van der Waals surface area contributed by atoms with Gasteiger partial charge < -0.3 is 9.47 Å². The fraction of sp³-hybridized carbons (Fsp3) is 0.765. The van der Waals surface area contributed by atoms with Crippen molar-refractivity contribution in [3.63, 3.8) is 0 Å². The van der Waals surface area contributed by atoms with Crippen LogP contribution in [0.15, 0.2) is 12.2 Å². The van der Waals surface area contributed by atoms with E-state index in [9.17, 15) is 0 Å². The zero-order chi connectivity index (χ0) is 27.3. The Bertz CT molecular complexity index is 787. The Morgan fingerprint density at radius 2 is 1.33 bits per heavy atom. The van der Waals surface area contributed by atoms with E-state index in [4.69, 9.17) is 9.47 Å². The van der Waals surface area contributed by atoms with E-state index in [0.717, 1.165) is 48.5 Å². The van der Waals surface area contributed by atoms with E-state index in [0.29, 0.717) is 0 Å². The van der Waals surface area contributed by atoms with Gasteiger partial charge in [-0.1, -0.05) is 84.8 Å². The first-order valence-corrected chi connectivity index (χ1v) is 14.9. The van der Waals surface area contributed by atoms with Crippen LogP contribution >= 0.6 is 0 Å². The summed E-state index contributed by atoms with van der Waals surface area (Å²) in [7, 11) is 1.78. The summed E-state index contributed by atoms with van der Waals surface area (Å²) in [4.78, 5) is 0. The van der Waals surface area contributed by atoms with Crippen molar-refractivity contribution in [1.82, 2.24) is 0 Å². The van der Waals surface area contributed by atoms with Crippen molar-refractivity contribution in [3.8, 4) is 11.5 Å². The zero-order valence-corrected chi connectivity index (χ0v) is 26.0. The minimum Gasteiger partial charge on any atom is -0.496 e. The molecule has 2 nitrogen and oxygen atoms in total. The predicted molar refractivity (Wildman–Crippen MR) is 160 cm³/mol. The quantitative estimate of drug-likeness (QED) is 0.251. The minimum atomic E-state index is -0.0319. The van der Waals surface area contributed by atoms with Crippen molar-refractivity contribution in [3.05, 3.63) is 34.4 Å². The van der Waals surface area contributed by atoms with E-state index in [-0.39, 0.29) is 5.60 Å². The van der Waals surface area contributed by atoms with Crippen LogP contribution in [0, 0.1) is 38.5 Å². The third-order valence-corrected chi connectivity index (χ3v) is 8.38. The molecule has 1 aliphatic heterocycles. The van der Waals surface area contributed by atoms with Crippen molar-refractivity contribution >= 4 is 0 Å². The molecule has 1 aromatic carbocycles. The molecule has 36 heavy (non-hydrogen) atoms. The summed E-state index contributed by atoms with van der Waals surface area (Å²) < 4.78 is 12.4. The molecule has 0 radical (unpaired) electrons. The Kier molecular flexibility index (Phi) is 14.9. The second kappa shape index (κ2) is 16.4. The molecule has 0 fully saturated rings. The van der Waals surface area contributed by atoms with Crippen molar-refractivity contribution in [2.75, 3.05) is 7.11 Å². The van der Waals surface area contributed by atoms with E-state index in [1.54, 1.807) is 7.11 Å². The van der Waals surface area contributed by atoms with Gasteiger partial charge in [0.1, 0.15) is 17.1 Å². The fourth-order valence-corrected chi connectivity index (χ4v) is 5.57. The third-order valence-electron chi connectivity index (χ3n) is 8.38. The molecule has 2 heteroatoms. The second-order valence-corrected chi connectivity index (χ2v) is 12.3. The Morgan fingerprint density at radius 3 is 1.83 bits per heavy atom. The van der Waals surface area contributed by atoms with E-state index < -0.39 is 0 Å². The largest absolute Gasteiger partial charge is 0.496 e. The average Bonchev–Trinajstić information content (AvgIpc) is 2.82. The molecular weight excluding hydrogens is 440 g/mol. The van der Waals surface area contributed by atoms with Crippen LogP contribution in [0.2, 0.25) is 0 Å². The van der Waals surface area contributed by atoms with Crippen molar-refractivity contribution in [1.29, 1.82) is 0 Å². The molecule has 0 aromatic heterocycles. The van der Waals surface area contributed by atoms with Gasteiger partial charge in [0.2, 0.25) is 0 Å². The van der Waals surface area contributed by atoms with Gasteiger partial charge in [0.05, 0.1) is 7.11 Å². The van der Waals surface area contributed by atoms with Crippen LogP contribution in [0.4, 0.5) is 0 Å². The normalized spacial score (nSPS) is 18.9. The molecule has 0 aliphatic carbocycles. The van der Waals surface area contributed by atoms with Crippen molar-refractivity contribution < 1.29 is 9.47 Å². The molecule has 0 saturated heterocycles. The second-order valence-electron chi connectivity index (χ2n) is 12.3. The lowest BCUT2D eigenvalue weighted by atomic mass is 9.83. The molecule has 1 heterocycles. The van der Waals surface area contributed by atoms with Crippen LogP contribution in [0.1, 0.15) is 135 Å². The molecule has 208 valence electrons. The van der Waals surface area contributed by atoms with Gasteiger partial charge in [-0.05, 0) is 102 Å². The predicted octanol–water partition coefficient (Wildman–Crippen LogP) is 10.7. The number of allylic oxidation sites excluding steroid dienone is 2. The van der Waals surface area contributed by atoms with E-state index >= 15 is 0 Å². The summed E-state index contributed by atoms with van der Waals surface area (Å²) in [6, 6.07) is 0. The summed E-state index contributed by atoms with van der Waals surface area (Å²) in [6.07, 6.45) is 18.3. The zero-order valence-electron chi connectivity index (χ0n) is 26.0. The fourth-order valence-electron chi connectivity index (χ4n) is 5.57. The first kappa shape index (κ1) is 32.6. The molecule has 0 amide bonds. The standard InChI is InChI=1S/C30H52O2.C4H8/c1-21(2)13-10-14-22(3)15-11-16-23(4)17-12-19-30(8)20-18-27-26(7)28(31-9)24(5)25(6)29(27)32-30;1-3-4-2/h21-23H,10-20H2,1-9H3;3-4H,1-2H3/b;4-3+/t22-,23-,30-;/m1./s1. The lowest BCUT2D eigenvalue weighted by Gasteiger charge is -2.38. The molecule has 2 rings (SSSR count). The maximum Gasteiger partial charge on any atom is 0.127 e. The Morgan fingerprint density at radius 1 is 0.806 bits per heavy atom. The van der Waals surface area contributed by atoms with Crippen LogP contribution in [-0.2, 0) is 6.42 Å². The maximum absolute atomic E-state index is 6.70. The minimum absolute atomic E-state index is 0.0319. The Labute approximate surface area is 225 Å². The summed E-state index contributed by atoms with van der Waals surface area (Å²) >= 11 is 0. The maximum atomic E-state index is 6.70. The van der Waals surface area contributed by atoms with Crippen LogP contribution in [0.5, 0.6) is 11.5 Å². The lowest BCUT2D eigenvalue weighted by Crippen LogP contribution is -2.37. The Hall–Kier alpha value is -1.44. The van der Waals surface area contributed by atoms with E-state index in [1.807, 2.05) is 26.0 Å². The average molecular weight is 501 g/mol. The molecule has 0 saturated carbocycles. The molecular formula is C34H60O2. The van der Waals surface area contributed by atoms with E-state index in [2.05, 4.69) is 55.4 Å². The summed E-state index contributed by atoms with van der Waals surface area (Å²) in [5.74, 6) is 4.74. The lowest BCUT2D eigenvalue weighted by molar-refractivity contribution is 0.0512. The summed E-state index contributed by atoms with van der Waals surface area (Å²) in [6.45, 7) is 22.4. The summed E-state index contributed by atoms with van der Waals surface area (Å²) in [5, 5.41) is 0. The number of hydrogen-bond acceptors (Lipinski definition) is 2. The summed E-state index contributed by atoms with van der Waals surface area (Å²) in [5.41, 5.74) is 5.07. The van der Waals surface area contributed by atoms with Gasteiger partial charge in [0, 0.05) is 5.56 Å². The van der Waals surface area contributed by atoms with E-state index in [1.165, 1.54) is 73.6 Å². The molecule has 0 unspecified atom stereocenters. The Balaban J connectivity index is 0.00000150. The highest BCUT2D eigenvalue weighted by Gasteiger charge is 2.34. The van der Waals surface area contributed by atoms with Gasteiger partial charge >= 0.3 is 0 Å². The van der Waals surface area contributed by atoms with Gasteiger partial charge in [-0.15, -0.1) is 0 Å². The first-order valence-electron chi connectivity index (χ1n) is 14.9. The molecule has 1 aromatic rings. The smallest absolute Gasteiger partial charge is 0.127 e. The first-order chi connectivity index (χ1) is 17.0. The molecule has 0 N–H and O–H groups in total. The number of rotatable bonds is 13. The highest BCUT2D eigenvalue weighted by molar-refractivity contribution is 5.58. The number of methoxy groups -OCH3 is 1. The van der Waals surface area contributed by atoms with Crippen molar-refractivity contribution in [2.45, 2.75) is 145 Å². The van der Waals surface area contributed by atoms with Crippen molar-refractivity contribution in [2.24, 2.45) is 17.8 Å². The van der Waals surface area contributed by atoms with Gasteiger partial charge in [0.15, 0.2) is 0 Å². The monoisotopic (exact) mass is 500 g/mol. The highest BCUT2D eigenvalue weighted by Crippen LogP contribution is 2.44. The number of benzene rings is 1. The number of fused-ring (bicyclic) bond motifs is 1. The molecule has 0 spiro atoms. The van der Waals surface area contributed by atoms with Gasteiger partial charge in [-0.25, -0.2) is 0 Å². The SMILES string of the molecule is C/C=C/C.COc1c(C)c(C)c2c(c1C)CC[C@@](C)(CCC[C@H](C)CCC[C@H](C)CCCC(C)C)O2. The van der Waals surface area contributed by atoms with Crippen LogP contribution < -0.4 is 9.47 Å². The molecule has 0 bridgehead atoms. The van der Waals surface area contributed by atoms with Crippen LogP contribution in [0.25, 0.3) is 0 Å².